The molecule has 21 heavy (non-hydrogen) atoms. The molecule has 5 nitrogen and oxygen atoms in total. The summed E-state index contributed by atoms with van der Waals surface area (Å²) in [4.78, 5) is 4.34. The van der Waals surface area contributed by atoms with Crippen molar-refractivity contribution in [1.82, 2.24) is 5.32 Å². The van der Waals surface area contributed by atoms with E-state index >= 15 is 0 Å². The summed E-state index contributed by atoms with van der Waals surface area (Å²) in [6, 6.07) is 6.10. The van der Waals surface area contributed by atoms with Crippen LogP contribution in [0, 0.1) is 6.92 Å². The Labute approximate surface area is 127 Å². The van der Waals surface area contributed by atoms with E-state index in [4.69, 9.17) is 15.2 Å². The quantitative estimate of drug-likeness (QED) is 0.416. The third-order valence-corrected chi connectivity index (χ3v) is 2.89. The molecule has 0 amide bonds. The number of aliphatic imine (C=N–C) groups is 1. The zero-order chi connectivity index (χ0) is 15.5. The summed E-state index contributed by atoms with van der Waals surface area (Å²) in [5, 5.41) is 3.06. The number of nitrogens with one attached hydrogen (secondary N) is 1. The Hall–Kier alpha value is -1.75. The van der Waals surface area contributed by atoms with Gasteiger partial charge in [-0.05, 0) is 31.9 Å². The van der Waals surface area contributed by atoms with E-state index in [1.54, 1.807) is 0 Å². The van der Waals surface area contributed by atoms with Crippen LogP contribution in [-0.2, 0) is 11.3 Å². The molecule has 5 heteroatoms. The summed E-state index contributed by atoms with van der Waals surface area (Å²) >= 11 is 0. The molecule has 0 fully saturated rings. The molecule has 0 saturated carbocycles. The van der Waals surface area contributed by atoms with Crippen LogP contribution >= 0.6 is 0 Å². The fraction of sp³-hybridized carbons (Fsp3) is 0.562. The second-order valence-corrected chi connectivity index (χ2v) is 4.78. The van der Waals surface area contributed by atoms with E-state index in [0.717, 1.165) is 29.8 Å². The number of rotatable bonds is 9. The van der Waals surface area contributed by atoms with Gasteiger partial charge in [-0.1, -0.05) is 19.1 Å². The average Bonchev–Trinajstić information content (AvgIpc) is 2.48. The number of nitrogens with zero attached hydrogens (tertiary/aromatic N) is 1. The first-order valence-electron chi connectivity index (χ1n) is 7.51. The maximum atomic E-state index is 5.81. The molecule has 0 spiro atoms. The standard InChI is InChI=1S/C16H27N3O2/c1-4-8-18-16(17)19-12-14-7-6-13(3)11-15(14)21-10-9-20-5-2/h6-7,11H,4-5,8-10,12H2,1-3H3,(H3,17,18,19). The Kier molecular flexibility index (Phi) is 8.28. The highest BCUT2D eigenvalue weighted by Crippen LogP contribution is 2.21. The largest absolute Gasteiger partial charge is 0.491 e. The van der Waals surface area contributed by atoms with E-state index < -0.39 is 0 Å². The fourth-order valence-corrected chi connectivity index (χ4v) is 1.76. The lowest BCUT2D eigenvalue weighted by molar-refractivity contribution is 0.110. The lowest BCUT2D eigenvalue weighted by Crippen LogP contribution is -2.32. The van der Waals surface area contributed by atoms with Crippen LogP contribution < -0.4 is 15.8 Å². The Balaban J connectivity index is 2.63. The molecule has 0 radical (unpaired) electrons. The minimum absolute atomic E-state index is 0.470. The van der Waals surface area contributed by atoms with Crippen LogP contribution in [0.5, 0.6) is 5.75 Å². The first-order valence-corrected chi connectivity index (χ1v) is 7.51. The molecule has 0 aromatic heterocycles. The topological polar surface area (TPSA) is 68.9 Å². The van der Waals surface area contributed by atoms with Gasteiger partial charge in [0.1, 0.15) is 12.4 Å². The van der Waals surface area contributed by atoms with E-state index in [-0.39, 0.29) is 0 Å². The number of hydrogen-bond acceptors (Lipinski definition) is 3. The van der Waals surface area contributed by atoms with E-state index in [0.29, 0.717) is 32.3 Å². The van der Waals surface area contributed by atoms with Gasteiger partial charge in [0.15, 0.2) is 5.96 Å². The SMILES string of the molecule is CCCNC(N)=NCc1ccc(C)cc1OCCOCC. The average molecular weight is 293 g/mol. The summed E-state index contributed by atoms with van der Waals surface area (Å²) in [7, 11) is 0. The van der Waals surface area contributed by atoms with Gasteiger partial charge in [0.05, 0.1) is 13.2 Å². The number of nitrogens with two attached hydrogens (primary N) is 1. The maximum Gasteiger partial charge on any atom is 0.188 e. The van der Waals surface area contributed by atoms with E-state index in [2.05, 4.69) is 23.3 Å². The summed E-state index contributed by atoms with van der Waals surface area (Å²) in [6.45, 7) is 9.27. The lowest BCUT2D eigenvalue weighted by atomic mass is 10.1. The molecule has 1 aromatic rings. The minimum Gasteiger partial charge on any atom is -0.491 e. The Morgan fingerprint density at radius 1 is 1.29 bits per heavy atom. The second kappa shape index (κ2) is 10.0. The van der Waals surface area contributed by atoms with Crippen LogP contribution in [0.4, 0.5) is 0 Å². The molecule has 0 saturated heterocycles. The number of hydrogen-bond donors (Lipinski definition) is 2. The van der Waals surface area contributed by atoms with Gasteiger partial charge in [0.2, 0.25) is 0 Å². The maximum absolute atomic E-state index is 5.81. The normalized spacial score (nSPS) is 11.5. The molecule has 1 rings (SSSR count). The number of benzene rings is 1. The van der Waals surface area contributed by atoms with Crippen LogP contribution in [0.15, 0.2) is 23.2 Å². The molecule has 1 aromatic carbocycles. The number of guanidine groups is 1. The monoisotopic (exact) mass is 293 g/mol. The van der Waals surface area contributed by atoms with Crippen molar-refractivity contribution in [1.29, 1.82) is 0 Å². The van der Waals surface area contributed by atoms with Gasteiger partial charge in [-0.15, -0.1) is 0 Å². The van der Waals surface area contributed by atoms with Gasteiger partial charge >= 0.3 is 0 Å². The summed E-state index contributed by atoms with van der Waals surface area (Å²) in [6.07, 6.45) is 1.02. The van der Waals surface area contributed by atoms with Crippen molar-refractivity contribution >= 4 is 5.96 Å². The lowest BCUT2D eigenvalue weighted by Gasteiger charge is -2.12. The van der Waals surface area contributed by atoms with Gasteiger partial charge in [0.25, 0.3) is 0 Å². The Morgan fingerprint density at radius 2 is 2.10 bits per heavy atom. The molecule has 0 aliphatic rings. The molecule has 0 aliphatic heterocycles. The molecule has 0 atom stereocenters. The van der Waals surface area contributed by atoms with Crippen molar-refractivity contribution in [2.24, 2.45) is 10.7 Å². The van der Waals surface area contributed by atoms with Crippen LogP contribution in [-0.4, -0.2) is 32.3 Å². The van der Waals surface area contributed by atoms with Crippen molar-refractivity contribution in [3.63, 3.8) is 0 Å². The molecule has 0 bridgehead atoms. The van der Waals surface area contributed by atoms with E-state index in [1.807, 2.05) is 26.0 Å². The van der Waals surface area contributed by atoms with Gasteiger partial charge in [-0.25, -0.2) is 4.99 Å². The van der Waals surface area contributed by atoms with Crippen molar-refractivity contribution in [2.75, 3.05) is 26.4 Å². The molecular weight excluding hydrogens is 266 g/mol. The Bertz CT molecular complexity index is 447. The smallest absolute Gasteiger partial charge is 0.188 e. The third-order valence-electron chi connectivity index (χ3n) is 2.89. The van der Waals surface area contributed by atoms with Crippen LogP contribution in [0.1, 0.15) is 31.4 Å². The third kappa shape index (κ3) is 6.99. The highest BCUT2D eigenvalue weighted by molar-refractivity contribution is 5.77. The van der Waals surface area contributed by atoms with Gasteiger partial charge in [-0.2, -0.15) is 0 Å². The summed E-state index contributed by atoms with van der Waals surface area (Å²) < 4.78 is 11.1. The van der Waals surface area contributed by atoms with Crippen LogP contribution in [0.25, 0.3) is 0 Å². The van der Waals surface area contributed by atoms with Crippen molar-refractivity contribution in [3.05, 3.63) is 29.3 Å². The second-order valence-electron chi connectivity index (χ2n) is 4.78. The highest BCUT2D eigenvalue weighted by atomic mass is 16.5. The Morgan fingerprint density at radius 3 is 2.81 bits per heavy atom. The molecule has 3 N–H and O–H groups in total. The van der Waals surface area contributed by atoms with Crippen molar-refractivity contribution < 1.29 is 9.47 Å². The zero-order valence-corrected chi connectivity index (χ0v) is 13.3. The van der Waals surface area contributed by atoms with Gasteiger partial charge < -0.3 is 20.5 Å². The first kappa shape index (κ1) is 17.3. The predicted octanol–water partition coefficient (Wildman–Crippen LogP) is 2.22. The fourth-order valence-electron chi connectivity index (χ4n) is 1.76. The van der Waals surface area contributed by atoms with Gasteiger partial charge in [0, 0.05) is 18.7 Å². The van der Waals surface area contributed by atoms with E-state index in [1.165, 1.54) is 0 Å². The molecule has 118 valence electrons. The first-order chi connectivity index (χ1) is 10.2. The van der Waals surface area contributed by atoms with Crippen LogP contribution in [0.2, 0.25) is 0 Å². The predicted molar refractivity (Wildman–Crippen MR) is 86.8 cm³/mol. The summed E-state index contributed by atoms with van der Waals surface area (Å²) in [5.41, 5.74) is 7.99. The number of aryl methyl sites for hydroxylation is 1. The van der Waals surface area contributed by atoms with Crippen molar-refractivity contribution in [2.45, 2.75) is 33.7 Å². The molecular formula is C16H27N3O2. The van der Waals surface area contributed by atoms with E-state index in [9.17, 15) is 0 Å². The van der Waals surface area contributed by atoms with Crippen LogP contribution in [0.3, 0.4) is 0 Å². The molecule has 0 unspecified atom stereocenters. The zero-order valence-electron chi connectivity index (χ0n) is 13.3. The summed E-state index contributed by atoms with van der Waals surface area (Å²) in [5.74, 6) is 1.32. The highest BCUT2D eigenvalue weighted by Gasteiger charge is 2.04. The number of ether oxygens (including phenoxy) is 2. The molecule has 0 aliphatic carbocycles. The van der Waals surface area contributed by atoms with Gasteiger partial charge in [-0.3, -0.25) is 0 Å². The molecule has 0 heterocycles. The van der Waals surface area contributed by atoms with Crippen molar-refractivity contribution in [3.8, 4) is 5.75 Å². The minimum atomic E-state index is 0.470.